The highest BCUT2D eigenvalue weighted by molar-refractivity contribution is 6.45. The first-order chi connectivity index (χ1) is 7.02. The van der Waals surface area contributed by atoms with Crippen LogP contribution >= 0.6 is 23.2 Å². The number of H-pyrrole nitrogens is 1. The third-order valence-corrected chi connectivity index (χ3v) is 2.44. The van der Waals surface area contributed by atoms with Gasteiger partial charge in [-0.3, -0.25) is 4.79 Å². The highest BCUT2D eigenvalue weighted by Crippen LogP contribution is 2.29. The molecule has 2 rings (SSSR count). The third-order valence-electron chi connectivity index (χ3n) is 1.62. The molecule has 3 nitrogen and oxygen atoms in total. The Morgan fingerprint density at radius 1 is 1.33 bits per heavy atom. The number of carbonyl (C=O) groups is 1. The molecule has 0 aliphatic rings. The maximum Gasteiger partial charge on any atom is 0.300 e. The van der Waals surface area contributed by atoms with Crippen LogP contribution in [0.4, 0.5) is 0 Å². The maximum absolute atomic E-state index is 9.00. The molecule has 0 aliphatic heterocycles. The molecular weight excluding hydrogens is 237 g/mol. The molecule has 2 aromatic rings. The van der Waals surface area contributed by atoms with E-state index in [-0.39, 0.29) is 0 Å². The Morgan fingerprint density at radius 3 is 2.53 bits per heavy atom. The lowest BCUT2D eigenvalue weighted by Crippen LogP contribution is -1.78. The molecule has 0 atom stereocenters. The molecule has 15 heavy (non-hydrogen) atoms. The zero-order valence-electron chi connectivity index (χ0n) is 7.92. The normalized spacial score (nSPS) is 9.53. The van der Waals surface area contributed by atoms with Gasteiger partial charge in [0.2, 0.25) is 0 Å². The van der Waals surface area contributed by atoms with Gasteiger partial charge in [-0.15, -0.1) is 0 Å². The minimum absolute atomic E-state index is 0.596. The van der Waals surface area contributed by atoms with Crippen molar-refractivity contribution in [3.63, 3.8) is 0 Å². The lowest BCUT2D eigenvalue weighted by molar-refractivity contribution is -0.134. The number of fused-ring (bicyclic) bond motifs is 1. The summed E-state index contributed by atoms with van der Waals surface area (Å²) in [6.07, 6.45) is 1.84. The molecule has 0 amide bonds. The molecule has 2 N–H and O–H groups in total. The largest absolute Gasteiger partial charge is 0.481 e. The summed E-state index contributed by atoms with van der Waals surface area (Å²) in [7, 11) is 0. The van der Waals surface area contributed by atoms with Gasteiger partial charge in [0.1, 0.15) is 0 Å². The molecule has 0 spiro atoms. The summed E-state index contributed by atoms with van der Waals surface area (Å²) >= 11 is 11.7. The van der Waals surface area contributed by atoms with Crippen LogP contribution in [-0.2, 0) is 4.79 Å². The van der Waals surface area contributed by atoms with Crippen molar-refractivity contribution in [3.05, 3.63) is 34.4 Å². The lowest BCUT2D eigenvalue weighted by Gasteiger charge is -1.95. The Bertz CT molecular complexity index is 475. The van der Waals surface area contributed by atoms with Crippen molar-refractivity contribution in [2.24, 2.45) is 0 Å². The van der Waals surface area contributed by atoms with Gasteiger partial charge >= 0.3 is 0 Å². The predicted molar refractivity (Wildman–Crippen MR) is 61.6 cm³/mol. The fourth-order valence-corrected chi connectivity index (χ4v) is 1.46. The number of nitrogens with one attached hydrogen (secondary N) is 1. The van der Waals surface area contributed by atoms with Crippen molar-refractivity contribution in [1.82, 2.24) is 4.98 Å². The standard InChI is InChI=1S/C8H5Cl2N.C2H4O2/c9-6-1-2-7-5(8(6)10)3-4-11-7;1-2(3)4/h1-4,11H;1H3,(H,3,4). The Labute approximate surface area is 96.6 Å². The number of aliphatic carboxylic acids is 1. The average Bonchev–Trinajstić information content (AvgIpc) is 2.59. The Balaban J connectivity index is 0.000000245. The minimum Gasteiger partial charge on any atom is -0.481 e. The lowest BCUT2D eigenvalue weighted by atomic mass is 10.2. The molecule has 5 heteroatoms. The van der Waals surface area contributed by atoms with Gasteiger partial charge in [0, 0.05) is 24.0 Å². The van der Waals surface area contributed by atoms with Crippen LogP contribution in [-0.4, -0.2) is 16.1 Å². The second kappa shape index (κ2) is 5.05. The molecule has 80 valence electrons. The van der Waals surface area contributed by atoms with Gasteiger partial charge in [0.15, 0.2) is 0 Å². The van der Waals surface area contributed by atoms with Gasteiger partial charge in [-0.2, -0.15) is 0 Å². The molecule has 1 aromatic carbocycles. The molecule has 0 unspecified atom stereocenters. The maximum atomic E-state index is 9.00. The van der Waals surface area contributed by atoms with Gasteiger partial charge in [-0.05, 0) is 18.2 Å². The predicted octanol–water partition coefficient (Wildman–Crippen LogP) is 3.57. The Hall–Kier alpha value is -1.19. The second-order valence-corrected chi connectivity index (χ2v) is 3.60. The Kier molecular flexibility index (Phi) is 4.00. The molecule has 0 saturated heterocycles. The summed E-state index contributed by atoms with van der Waals surface area (Å²) in [5.41, 5.74) is 1.01. The van der Waals surface area contributed by atoms with E-state index < -0.39 is 5.97 Å². The van der Waals surface area contributed by atoms with Crippen LogP contribution in [0.15, 0.2) is 24.4 Å². The van der Waals surface area contributed by atoms with E-state index in [4.69, 9.17) is 33.1 Å². The van der Waals surface area contributed by atoms with Crippen molar-refractivity contribution in [3.8, 4) is 0 Å². The van der Waals surface area contributed by atoms with E-state index in [0.717, 1.165) is 17.8 Å². The number of carboxylic acid groups (broad SMARTS) is 1. The molecule has 0 bridgehead atoms. The van der Waals surface area contributed by atoms with Crippen LogP contribution in [0, 0.1) is 0 Å². The van der Waals surface area contributed by atoms with Crippen molar-refractivity contribution >= 4 is 40.1 Å². The zero-order chi connectivity index (χ0) is 11.4. The van der Waals surface area contributed by atoms with Gasteiger partial charge in [0.05, 0.1) is 10.0 Å². The summed E-state index contributed by atoms with van der Waals surface area (Å²) in [6.45, 7) is 1.08. The summed E-state index contributed by atoms with van der Waals surface area (Å²) in [5.74, 6) is -0.833. The van der Waals surface area contributed by atoms with Gasteiger partial charge in [-0.25, -0.2) is 0 Å². The highest BCUT2D eigenvalue weighted by atomic mass is 35.5. The third kappa shape index (κ3) is 3.15. The van der Waals surface area contributed by atoms with E-state index >= 15 is 0 Å². The number of rotatable bonds is 0. The molecule has 1 heterocycles. The van der Waals surface area contributed by atoms with Crippen LogP contribution in [0.25, 0.3) is 10.9 Å². The number of aromatic nitrogens is 1. The van der Waals surface area contributed by atoms with Crippen LogP contribution in [0.2, 0.25) is 10.0 Å². The van der Waals surface area contributed by atoms with Gasteiger partial charge in [-0.1, -0.05) is 23.2 Å². The molecule has 1 aromatic heterocycles. The molecule has 0 aliphatic carbocycles. The number of hydrogen-bond donors (Lipinski definition) is 2. The summed E-state index contributed by atoms with van der Waals surface area (Å²) in [6, 6.07) is 5.59. The van der Waals surface area contributed by atoms with Crippen molar-refractivity contribution in [2.45, 2.75) is 6.92 Å². The monoisotopic (exact) mass is 245 g/mol. The van der Waals surface area contributed by atoms with E-state index in [1.165, 1.54) is 0 Å². The van der Waals surface area contributed by atoms with Crippen molar-refractivity contribution in [2.75, 3.05) is 0 Å². The number of halogens is 2. The van der Waals surface area contributed by atoms with E-state index in [1.807, 2.05) is 18.3 Å². The molecule has 0 fully saturated rings. The molecule has 0 radical (unpaired) electrons. The smallest absolute Gasteiger partial charge is 0.300 e. The van der Waals surface area contributed by atoms with Crippen LogP contribution in [0.3, 0.4) is 0 Å². The quantitative estimate of drug-likeness (QED) is 0.746. The summed E-state index contributed by atoms with van der Waals surface area (Å²) in [5, 5.41) is 9.60. The van der Waals surface area contributed by atoms with E-state index in [2.05, 4.69) is 4.98 Å². The number of carboxylic acids is 1. The number of hydrogen-bond acceptors (Lipinski definition) is 1. The van der Waals surface area contributed by atoms with Gasteiger partial charge < -0.3 is 10.1 Å². The number of aromatic amines is 1. The summed E-state index contributed by atoms with van der Waals surface area (Å²) < 4.78 is 0. The van der Waals surface area contributed by atoms with Gasteiger partial charge in [0.25, 0.3) is 5.97 Å². The summed E-state index contributed by atoms with van der Waals surface area (Å²) in [4.78, 5) is 12.0. The van der Waals surface area contributed by atoms with Crippen LogP contribution in [0.1, 0.15) is 6.92 Å². The van der Waals surface area contributed by atoms with E-state index in [1.54, 1.807) is 6.07 Å². The van der Waals surface area contributed by atoms with Crippen LogP contribution in [0.5, 0.6) is 0 Å². The van der Waals surface area contributed by atoms with E-state index in [9.17, 15) is 0 Å². The Morgan fingerprint density at radius 2 is 1.93 bits per heavy atom. The fourth-order valence-electron chi connectivity index (χ4n) is 1.07. The fraction of sp³-hybridized carbons (Fsp3) is 0.100. The minimum atomic E-state index is -0.833. The molecular formula is C10H9Cl2NO2. The van der Waals surface area contributed by atoms with Crippen molar-refractivity contribution in [1.29, 1.82) is 0 Å². The zero-order valence-corrected chi connectivity index (χ0v) is 9.43. The highest BCUT2D eigenvalue weighted by Gasteiger charge is 2.02. The first-order valence-corrected chi connectivity index (χ1v) is 4.88. The molecule has 0 saturated carbocycles. The SMILES string of the molecule is CC(=O)O.Clc1ccc2[nH]ccc2c1Cl. The van der Waals surface area contributed by atoms with Crippen molar-refractivity contribution < 1.29 is 9.90 Å². The van der Waals surface area contributed by atoms with Crippen LogP contribution < -0.4 is 0 Å². The second-order valence-electron chi connectivity index (χ2n) is 2.82. The first kappa shape index (κ1) is 11.9. The van der Waals surface area contributed by atoms with E-state index in [0.29, 0.717) is 10.0 Å². The number of benzene rings is 1. The topological polar surface area (TPSA) is 53.1 Å². The average molecular weight is 246 g/mol. The first-order valence-electron chi connectivity index (χ1n) is 4.13.